The number of hydrogen-bond donors (Lipinski definition) is 0. The third-order valence-electron chi connectivity index (χ3n) is 1.51. The predicted octanol–water partition coefficient (Wildman–Crippen LogP) is 1.80. The second-order valence-electron chi connectivity index (χ2n) is 2.37. The van der Waals surface area contributed by atoms with Gasteiger partial charge < -0.3 is 0 Å². The Morgan fingerprint density at radius 3 is 2.85 bits per heavy atom. The molecule has 1 rings (SSSR count). The highest BCUT2D eigenvalue weighted by molar-refractivity contribution is 5.41. The lowest BCUT2D eigenvalue weighted by atomic mass is 10.1. The topological polar surface area (TPSA) is 66.9 Å². The van der Waals surface area contributed by atoms with Crippen LogP contribution in [0.25, 0.3) is 0 Å². The van der Waals surface area contributed by atoms with Crippen LogP contribution in [-0.2, 0) is 6.42 Å². The Kier molecular flexibility index (Phi) is 2.55. The van der Waals surface area contributed by atoms with E-state index in [1.54, 1.807) is 6.07 Å². The maximum absolute atomic E-state index is 12.6. The Balaban J connectivity index is 3.20. The van der Waals surface area contributed by atoms with Crippen LogP contribution in [0.3, 0.4) is 0 Å². The van der Waals surface area contributed by atoms with E-state index in [4.69, 9.17) is 5.26 Å². The van der Waals surface area contributed by atoms with Gasteiger partial charge in [-0.25, -0.2) is 4.39 Å². The molecule has 5 heteroatoms. The van der Waals surface area contributed by atoms with Gasteiger partial charge in [-0.1, -0.05) is 0 Å². The first-order valence-corrected chi connectivity index (χ1v) is 3.45. The van der Waals surface area contributed by atoms with Crippen LogP contribution >= 0.6 is 0 Å². The van der Waals surface area contributed by atoms with Gasteiger partial charge in [0.1, 0.15) is 5.82 Å². The molecule has 0 saturated heterocycles. The van der Waals surface area contributed by atoms with Gasteiger partial charge in [-0.15, -0.1) is 0 Å². The molecular weight excluding hydrogens is 175 g/mol. The van der Waals surface area contributed by atoms with Crippen molar-refractivity contribution in [2.45, 2.75) is 6.42 Å². The van der Waals surface area contributed by atoms with Crippen LogP contribution in [-0.4, -0.2) is 4.92 Å². The SMILES string of the molecule is N#CCc1cc(F)ccc1[N+](=O)[O-]. The van der Waals surface area contributed by atoms with Crippen LogP contribution in [0.5, 0.6) is 0 Å². The van der Waals surface area contributed by atoms with Gasteiger partial charge in [-0.2, -0.15) is 5.26 Å². The highest BCUT2D eigenvalue weighted by Crippen LogP contribution is 2.19. The lowest BCUT2D eigenvalue weighted by Gasteiger charge is -1.97. The molecule has 0 N–H and O–H groups in total. The normalized spacial score (nSPS) is 9.23. The number of halogens is 1. The molecule has 0 fully saturated rings. The fourth-order valence-corrected chi connectivity index (χ4v) is 0.959. The molecule has 4 nitrogen and oxygen atoms in total. The predicted molar refractivity (Wildman–Crippen MR) is 42.4 cm³/mol. The molecule has 0 amide bonds. The third-order valence-corrected chi connectivity index (χ3v) is 1.51. The summed E-state index contributed by atoms with van der Waals surface area (Å²) in [4.78, 5) is 9.75. The Morgan fingerprint density at radius 1 is 1.62 bits per heavy atom. The molecule has 1 aromatic rings. The van der Waals surface area contributed by atoms with E-state index in [0.717, 1.165) is 18.2 Å². The maximum Gasteiger partial charge on any atom is 0.273 e. The Hall–Kier alpha value is -1.96. The first kappa shape index (κ1) is 9.13. The first-order valence-electron chi connectivity index (χ1n) is 3.45. The van der Waals surface area contributed by atoms with Gasteiger partial charge in [0, 0.05) is 11.6 Å². The minimum atomic E-state index is -0.633. The summed E-state index contributed by atoms with van der Waals surface area (Å²) in [5.41, 5.74) is -0.115. The molecule has 0 spiro atoms. The number of benzene rings is 1. The van der Waals surface area contributed by atoms with E-state index in [0.29, 0.717) is 0 Å². The molecule has 0 aliphatic rings. The van der Waals surface area contributed by atoms with Gasteiger partial charge in [0.15, 0.2) is 0 Å². The van der Waals surface area contributed by atoms with Crippen molar-refractivity contribution in [3.63, 3.8) is 0 Å². The molecular formula is C8H5FN2O2. The van der Waals surface area contributed by atoms with Crippen molar-refractivity contribution in [3.05, 3.63) is 39.7 Å². The van der Waals surface area contributed by atoms with Crippen LogP contribution in [0.1, 0.15) is 5.56 Å². The number of nitriles is 1. The van der Waals surface area contributed by atoms with Crippen molar-refractivity contribution in [2.75, 3.05) is 0 Å². The molecule has 0 bridgehead atoms. The van der Waals surface area contributed by atoms with Crippen LogP contribution < -0.4 is 0 Å². The van der Waals surface area contributed by atoms with Crippen molar-refractivity contribution in [2.24, 2.45) is 0 Å². The monoisotopic (exact) mass is 180 g/mol. The average molecular weight is 180 g/mol. The van der Waals surface area contributed by atoms with E-state index in [1.165, 1.54) is 0 Å². The fourth-order valence-electron chi connectivity index (χ4n) is 0.959. The molecule has 1 aromatic carbocycles. The van der Waals surface area contributed by atoms with E-state index in [9.17, 15) is 14.5 Å². The number of hydrogen-bond acceptors (Lipinski definition) is 3. The van der Waals surface area contributed by atoms with Crippen LogP contribution in [0.4, 0.5) is 10.1 Å². The van der Waals surface area contributed by atoms with Crippen molar-refractivity contribution >= 4 is 5.69 Å². The van der Waals surface area contributed by atoms with Gasteiger partial charge >= 0.3 is 0 Å². The lowest BCUT2D eigenvalue weighted by Crippen LogP contribution is -1.95. The average Bonchev–Trinajstić information content (AvgIpc) is 2.04. The quantitative estimate of drug-likeness (QED) is 0.514. The summed E-state index contributed by atoms with van der Waals surface area (Å²) in [5.74, 6) is -0.573. The minimum absolute atomic E-state index is 0.104. The molecule has 0 unspecified atom stereocenters. The van der Waals surface area contributed by atoms with Crippen LogP contribution in [0.15, 0.2) is 18.2 Å². The number of nitro groups is 1. The molecule has 0 heterocycles. The van der Waals surface area contributed by atoms with E-state index < -0.39 is 10.7 Å². The summed E-state index contributed by atoms with van der Waals surface area (Å²) in [6.07, 6.45) is -0.159. The zero-order valence-corrected chi connectivity index (χ0v) is 6.53. The molecule has 66 valence electrons. The number of nitrogens with zero attached hydrogens (tertiary/aromatic N) is 2. The highest BCUT2D eigenvalue weighted by atomic mass is 19.1. The molecule has 0 atom stereocenters. The molecule has 0 aromatic heterocycles. The molecule has 0 aliphatic carbocycles. The van der Waals surface area contributed by atoms with Crippen molar-refractivity contribution in [3.8, 4) is 6.07 Å². The zero-order valence-electron chi connectivity index (χ0n) is 6.53. The Morgan fingerprint density at radius 2 is 2.31 bits per heavy atom. The van der Waals surface area contributed by atoms with Crippen molar-refractivity contribution in [1.29, 1.82) is 5.26 Å². The van der Waals surface area contributed by atoms with Gasteiger partial charge in [-0.05, 0) is 12.1 Å². The second kappa shape index (κ2) is 3.63. The second-order valence-corrected chi connectivity index (χ2v) is 2.37. The Labute approximate surface area is 73.4 Å². The van der Waals surface area contributed by atoms with Crippen LogP contribution in [0.2, 0.25) is 0 Å². The van der Waals surface area contributed by atoms with E-state index in [1.807, 2.05) is 0 Å². The van der Waals surface area contributed by atoms with E-state index >= 15 is 0 Å². The van der Waals surface area contributed by atoms with Gasteiger partial charge in [0.2, 0.25) is 0 Å². The smallest absolute Gasteiger partial charge is 0.258 e. The lowest BCUT2D eigenvalue weighted by molar-refractivity contribution is -0.385. The van der Waals surface area contributed by atoms with Crippen molar-refractivity contribution < 1.29 is 9.31 Å². The summed E-state index contributed by atoms with van der Waals surface area (Å²) in [6.45, 7) is 0. The number of nitro benzene ring substituents is 1. The van der Waals surface area contributed by atoms with Crippen LogP contribution in [0, 0.1) is 27.3 Å². The van der Waals surface area contributed by atoms with E-state index in [-0.39, 0.29) is 17.7 Å². The molecule has 0 aliphatic heterocycles. The molecule has 0 saturated carbocycles. The Bertz CT molecular complexity index is 384. The standard InChI is InChI=1S/C8H5FN2O2/c9-7-1-2-8(11(12)13)6(5-7)3-4-10/h1-2,5H,3H2. The van der Waals surface area contributed by atoms with Gasteiger partial charge in [-0.3, -0.25) is 10.1 Å². The third kappa shape index (κ3) is 1.99. The van der Waals surface area contributed by atoms with Gasteiger partial charge in [0.25, 0.3) is 5.69 Å². The summed E-state index contributed by atoms with van der Waals surface area (Å²) in [5, 5.41) is 18.7. The fraction of sp³-hybridized carbons (Fsp3) is 0.125. The van der Waals surface area contributed by atoms with Gasteiger partial charge in [0.05, 0.1) is 17.4 Å². The highest BCUT2D eigenvalue weighted by Gasteiger charge is 2.13. The maximum atomic E-state index is 12.6. The molecule has 13 heavy (non-hydrogen) atoms. The molecule has 0 radical (unpaired) electrons. The van der Waals surface area contributed by atoms with Crippen molar-refractivity contribution in [1.82, 2.24) is 0 Å². The minimum Gasteiger partial charge on any atom is -0.258 e. The summed E-state index contributed by atoms with van der Waals surface area (Å²) < 4.78 is 12.6. The summed E-state index contributed by atoms with van der Waals surface area (Å²) >= 11 is 0. The summed E-state index contributed by atoms with van der Waals surface area (Å²) in [6, 6.07) is 4.79. The zero-order chi connectivity index (χ0) is 9.84. The summed E-state index contributed by atoms with van der Waals surface area (Å²) in [7, 11) is 0. The first-order chi connectivity index (χ1) is 6.15. The number of rotatable bonds is 2. The van der Waals surface area contributed by atoms with E-state index in [2.05, 4.69) is 0 Å². The largest absolute Gasteiger partial charge is 0.273 e.